The van der Waals surface area contributed by atoms with Crippen LogP contribution in [-0.2, 0) is 23.0 Å². The fraction of sp³-hybridized carbons (Fsp3) is 0.545. The van der Waals surface area contributed by atoms with Crippen LogP contribution in [0.3, 0.4) is 0 Å². The van der Waals surface area contributed by atoms with Crippen LogP contribution in [0.5, 0.6) is 0 Å². The first-order valence-electron chi connectivity index (χ1n) is 9.97. The Bertz CT molecular complexity index is 816. The summed E-state index contributed by atoms with van der Waals surface area (Å²) in [6, 6.07) is 9.16. The summed E-state index contributed by atoms with van der Waals surface area (Å²) in [5.74, 6) is 0. The number of benzene rings is 2. The van der Waals surface area contributed by atoms with E-state index in [0.717, 1.165) is 30.0 Å². The molecule has 2 rings (SSSR count). The van der Waals surface area contributed by atoms with Crippen LogP contribution in [0.4, 0.5) is 0 Å². The summed E-state index contributed by atoms with van der Waals surface area (Å²) in [6.07, 6.45) is 11.6. The SMILES string of the molecule is CCCCCCc1cc(CCCCCC)c2cc(S(=O)(=O)[O-])ccc2c1.[K+]. The molecule has 0 N–H and O–H groups in total. The van der Waals surface area contributed by atoms with Crippen molar-refractivity contribution in [2.75, 3.05) is 0 Å². The van der Waals surface area contributed by atoms with Gasteiger partial charge in [0, 0.05) is 0 Å². The minimum Gasteiger partial charge on any atom is -0.744 e. The molecule has 0 aliphatic rings. The van der Waals surface area contributed by atoms with Crippen molar-refractivity contribution < 1.29 is 64.4 Å². The second-order valence-corrected chi connectivity index (χ2v) is 8.59. The molecule has 27 heavy (non-hydrogen) atoms. The molecule has 0 saturated heterocycles. The Balaban J connectivity index is 0.00000364. The molecule has 0 aliphatic heterocycles. The third kappa shape index (κ3) is 8.25. The van der Waals surface area contributed by atoms with Crippen molar-refractivity contribution in [2.45, 2.75) is 83.0 Å². The van der Waals surface area contributed by atoms with E-state index in [-0.39, 0.29) is 56.3 Å². The Labute approximate surface area is 207 Å². The van der Waals surface area contributed by atoms with E-state index < -0.39 is 10.1 Å². The van der Waals surface area contributed by atoms with Crippen molar-refractivity contribution in [1.29, 1.82) is 0 Å². The van der Waals surface area contributed by atoms with Crippen molar-refractivity contribution >= 4 is 20.9 Å². The van der Waals surface area contributed by atoms with Gasteiger partial charge in [0.15, 0.2) is 0 Å². The molecule has 0 atom stereocenters. The van der Waals surface area contributed by atoms with Crippen LogP contribution >= 0.6 is 0 Å². The number of aryl methyl sites for hydroxylation is 2. The summed E-state index contributed by atoms with van der Waals surface area (Å²) in [5.41, 5.74) is 2.49. The predicted molar refractivity (Wildman–Crippen MR) is 108 cm³/mol. The first-order chi connectivity index (χ1) is 12.5. The quantitative estimate of drug-likeness (QED) is 0.323. The van der Waals surface area contributed by atoms with Crippen molar-refractivity contribution in [1.82, 2.24) is 0 Å². The van der Waals surface area contributed by atoms with Gasteiger partial charge in [0.25, 0.3) is 0 Å². The van der Waals surface area contributed by atoms with Crippen LogP contribution in [0.15, 0.2) is 35.2 Å². The van der Waals surface area contributed by atoms with Crippen molar-refractivity contribution in [3.8, 4) is 0 Å². The van der Waals surface area contributed by atoms with E-state index >= 15 is 0 Å². The van der Waals surface area contributed by atoms with Gasteiger partial charge in [0.1, 0.15) is 10.1 Å². The monoisotopic (exact) mass is 414 g/mol. The zero-order valence-corrected chi connectivity index (χ0v) is 21.0. The van der Waals surface area contributed by atoms with Crippen molar-refractivity contribution in [3.05, 3.63) is 41.5 Å². The maximum Gasteiger partial charge on any atom is 1.00 e. The number of hydrogen-bond donors (Lipinski definition) is 0. The molecular formula is C22H31KO3S. The van der Waals surface area contributed by atoms with Crippen molar-refractivity contribution in [2.24, 2.45) is 0 Å². The van der Waals surface area contributed by atoms with Gasteiger partial charge in [-0.25, -0.2) is 8.42 Å². The Morgan fingerprint density at radius 2 is 1.44 bits per heavy atom. The standard InChI is InChI=1S/C22H32O3S.K/c1-3-5-7-9-11-18-15-19(12-10-8-6-4-2)22-17-21(26(23,24)25)14-13-20(22)16-18;/h13-17H,3-12H2,1-2H3,(H,23,24,25);/q;+1/p-1. The first kappa shape index (κ1) is 25.3. The van der Waals surface area contributed by atoms with Gasteiger partial charge in [-0.2, -0.15) is 0 Å². The molecule has 2 aromatic rings. The van der Waals surface area contributed by atoms with Gasteiger partial charge >= 0.3 is 51.4 Å². The number of hydrogen-bond acceptors (Lipinski definition) is 3. The average molecular weight is 415 g/mol. The maximum absolute atomic E-state index is 11.4. The third-order valence-corrected chi connectivity index (χ3v) is 5.81. The van der Waals surface area contributed by atoms with Gasteiger partial charge in [-0.15, -0.1) is 0 Å². The molecule has 0 amide bonds. The van der Waals surface area contributed by atoms with Gasteiger partial charge in [-0.05, 0) is 59.7 Å². The Kier molecular flexibility index (Phi) is 11.9. The molecule has 0 saturated carbocycles. The molecular weight excluding hydrogens is 383 g/mol. The van der Waals surface area contributed by atoms with E-state index in [2.05, 4.69) is 26.0 Å². The summed E-state index contributed by atoms with van der Waals surface area (Å²) in [7, 11) is -4.42. The van der Waals surface area contributed by atoms with Gasteiger partial charge in [-0.3, -0.25) is 0 Å². The largest absolute Gasteiger partial charge is 1.00 e. The molecule has 0 heterocycles. The first-order valence-corrected chi connectivity index (χ1v) is 11.4. The van der Waals surface area contributed by atoms with E-state index in [4.69, 9.17) is 0 Å². The van der Waals surface area contributed by atoms with E-state index in [1.807, 2.05) is 0 Å². The minimum absolute atomic E-state index is 0. The van der Waals surface area contributed by atoms with Crippen LogP contribution in [0.2, 0.25) is 0 Å². The van der Waals surface area contributed by atoms with Gasteiger partial charge in [0.05, 0.1) is 4.90 Å². The van der Waals surface area contributed by atoms with E-state index in [9.17, 15) is 13.0 Å². The number of fused-ring (bicyclic) bond motifs is 1. The Hall–Kier alpha value is 0.246. The zero-order valence-electron chi connectivity index (χ0n) is 17.1. The molecule has 0 aromatic heterocycles. The summed E-state index contributed by atoms with van der Waals surface area (Å²) in [6.45, 7) is 4.41. The van der Waals surface area contributed by atoms with Crippen LogP contribution in [0.25, 0.3) is 10.8 Å². The van der Waals surface area contributed by atoms with Crippen LogP contribution in [-0.4, -0.2) is 13.0 Å². The Morgan fingerprint density at radius 3 is 2.04 bits per heavy atom. The van der Waals surface area contributed by atoms with Crippen LogP contribution in [0, 0.1) is 0 Å². The molecule has 0 aliphatic carbocycles. The zero-order chi connectivity index (χ0) is 19.0. The number of rotatable bonds is 11. The van der Waals surface area contributed by atoms with Gasteiger partial charge < -0.3 is 4.55 Å². The Morgan fingerprint density at radius 1 is 0.815 bits per heavy atom. The summed E-state index contributed by atoms with van der Waals surface area (Å²) in [4.78, 5) is -0.129. The van der Waals surface area contributed by atoms with E-state index in [1.54, 1.807) is 12.1 Å². The van der Waals surface area contributed by atoms with E-state index in [1.165, 1.54) is 62.1 Å². The maximum atomic E-state index is 11.4. The summed E-state index contributed by atoms with van der Waals surface area (Å²) >= 11 is 0. The predicted octanol–water partition coefficient (Wildman–Crippen LogP) is 2.99. The van der Waals surface area contributed by atoms with Crippen LogP contribution in [0.1, 0.15) is 76.3 Å². The fourth-order valence-corrected chi connectivity index (χ4v) is 3.98. The molecule has 0 spiro atoms. The smallest absolute Gasteiger partial charge is 0.744 e. The molecule has 144 valence electrons. The third-order valence-electron chi connectivity index (χ3n) is 4.98. The average Bonchev–Trinajstić information content (AvgIpc) is 2.61. The summed E-state index contributed by atoms with van der Waals surface area (Å²) < 4.78 is 34.2. The molecule has 2 aromatic carbocycles. The number of unbranched alkanes of at least 4 members (excludes halogenated alkanes) is 6. The second kappa shape index (κ2) is 12.7. The molecule has 0 fully saturated rings. The van der Waals surface area contributed by atoms with E-state index in [0.29, 0.717) is 0 Å². The molecule has 0 bridgehead atoms. The minimum atomic E-state index is -4.42. The van der Waals surface area contributed by atoms with Crippen molar-refractivity contribution in [3.63, 3.8) is 0 Å². The fourth-order valence-electron chi connectivity index (χ4n) is 3.49. The molecule has 0 radical (unpaired) electrons. The van der Waals surface area contributed by atoms with Gasteiger partial charge in [-0.1, -0.05) is 70.6 Å². The molecule has 5 heteroatoms. The second-order valence-electron chi connectivity index (χ2n) is 7.21. The molecule has 3 nitrogen and oxygen atoms in total. The van der Waals surface area contributed by atoms with Gasteiger partial charge in [0.2, 0.25) is 0 Å². The molecule has 0 unspecified atom stereocenters. The van der Waals surface area contributed by atoms with Crippen LogP contribution < -0.4 is 51.4 Å². The summed E-state index contributed by atoms with van der Waals surface area (Å²) in [5, 5.41) is 1.95. The topological polar surface area (TPSA) is 57.2 Å². The normalized spacial score (nSPS) is 11.5.